The number of nitrogens with zero attached hydrogens (tertiary/aromatic N) is 3. The SMILES string of the molecule is O=C(O)C1CC2CCCCC2N1c1cc([N+](=O)[O-])ccn1. The minimum Gasteiger partial charge on any atom is -0.480 e. The Kier molecular flexibility index (Phi) is 3.48. The molecule has 1 saturated heterocycles. The van der Waals surface area contributed by atoms with Gasteiger partial charge in [0.25, 0.3) is 5.69 Å². The molecule has 21 heavy (non-hydrogen) atoms. The van der Waals surface area contributed by atoms with E-state index in [-0.39, 0.29) is 11.7 Å². The van der Waals surface area contributed by atoms with Gasteiger partial charge in [-0.05, 0) is 25.2 Å². The highest BCUT2D eigenvalue weighted by molar-refractivity contribution is 5.79. The number of anilines is 1. The van der Waals surface area contributed by atoms with Crippen molar-refractivity contribution in [1.82, 2.24) is 4.98 Å². The molecule has 0 aromatic carbocycles. The van der Waals surface area contributed by atoms with Gasteiger partial charge in [0, 0.05) is 18.3 Å². The maximum absolute atomic E-state index is 11.5. The molecule has 3 unspecified atom stereocenters. The van der Waals surface area contributed by atoms with Gasteiger partial charge < -0.3 is 10.0 Å². The molecule has 1 saturated carbocycles. The highest BCUT2D eigenvalue weighted by atomic mass is 16.6. The number of nitro groups is 1. The molecule has 0 amide bonds. The molecule has 0 spiro atoms. The Morgan fingerprint density at radius 1 is 1.43 bits per heavy atom. The van der Waals surface area contributed by atoms with Gasteiger partial charge in [0.2, 0.25) is 0 Å². The molecule has 1 N–H and O–H groups in total. The number of rotatable bonds is 3. The quantitative estimate of drug-likeness (QED) is 0.677. The van der Waals surface area contributed by atoms with Crippen LogP contribution in [0.2, 0.25) is 0 Å². The smallest absolute Gasteiger partial charge is 0.326 e. The van der Waals surface area contributed by atoms with Crippen LogP contribution in [-0.2, 0) is 4.79 Å². The summed E-state index contributed by atoms with van der Waals surface area (Å²) >= 11 is 0. The van der Waals surface area contributed by atoms with E-state index in [0.29, 0.717) is 18.2 Å². The Hall–Kier alpha value is -2.18. The van der Waals surface area contributed by atoms with E-state index in [0.717, 1.165) is 25.7 Å². The van der Waals surface area contributed by atoms with E-state index in [1.807, 2.05) is 0 Å². The lowest BCUT2D eigenvalue weighted by Gasteiger charge is -2.33. The van der Waals surface area contributed by atoms with Gasteiger partial charge in [0.1, 0.15) is 11.9 Å². The predicted molar refractivity (Wildman–Crippen MR) is 75.2 cm³/mol. The third-order valence-corrected chi connectivity index (χ3v) is 4.58. The highest BCUT2D eigenvalue weighted by Gasteiger charge is 2.46. The summed E-state index contributed by atoms with van der Waals surface area (Å²) in [7, 11) is 0. The van der Waals surface area contributed by atoms with Gasteiger partial charge in [0.15, 0.2) is 0 Å². The molecule has 2 heterocycles. The third-order valence-electron chi connectivity index (χ3n) is 4.58. The van der Waals surface area contributed by atoms with Gasteiger partial charge in [-0.1, -0.05) is 12.8 Å². The monoisotopic (exact) mass is 291 g/mol. The zero-order valence-electron chi connectivity index (χ0n) is 11.5. The van der Waals surface area contributed by atoms with Crippen molar-refractivity contribution in [3.05, 3.63) is 28.4 Å². The fraction of sp³-hybridized carbons (Fsp3) is 0.571. The first-order valence-electron chi connectivity index (χ1n) is 7.19. The number of carboxylic acids is 1. The molecule has 1 aliphatic heterocycles. The Balaban J connectivity index is 1.98. The molecular weight excluding hydrogens is 274 g/mol. The topological polar surface area (TPSA) is 96.6 Å². The van der Waals surface area contributed by atoms with E-state index in [4.69, 9.17) is 0 Å². The van der Waals surface area contributed by atoms with Crippen molar-refractivity contribution in [3.63, 3.8) is 0 Å². The number of aromatic nitrogens is 1. The lowest BCUT2D eigenvalue weighted by atomic mass is 9.85. The Labute approximate surface area is 121 Å². The fourth-order valence-electron chi connectivity index (χ4n) is 3.67. The second-order valence-corrected chi connectivity index (χ2v) is 5.74. The van der Waals surface area contributed by atoms with E-state index >= 15 is 0 Å². The summed E-state index contributed by atoms with van der Waals surface area (Å²) in [5, 5.41) is 20.4. The second-order valence-electron chi connectivity index (χ2n) is 5.74. The molecule has 7 nitrogen and oxygen atoms in total. The molecule has 1 aliphatic carbocycles. The normalized spacial score (nSPS) is 28.2. The number of aliphatic carboxylic acids is 1. The number of hydrogen-bond donors (Lipinski definition) is 1. The van der Waals surface area contributed by atoms with Crippen LogP contribution < -0.4 is 4.90 Å². The zero-order chi connectivity index (χ0) is 15.0. The maximum Gasteiger partial charge on any atom is 0.326 e. The van der Waals surface area contributed by atoms with Crippen LogP contribution in [0.3, 0.4) is 0 Å². The van der Waals surface area contributed by atoms with Crippen molar-refractivity contribution in [2.45, 2.75) is 44.2 Å². The third kappa shape index (κ3) is 2.43. The summed E-state index contributed by atoms with van der Waals surface area (Å²) in [5.41, 5.74) is -0.0524. The maximum atomic E-state index is 11.5. The summed E-state index contributed by atoms with van der Waals surface area (Å²) in [5.74, 6) is -0.121. The van der Waals surface area contributed by atoms with Crippen molar-refractivity contribution in [3.8, 4) is 0 Å². The van der Waals surface area contributed by atoms with Crippen LogP contribution in [0, 0.1) is 16.0 Å². The van der Waals surface area contributed by atoms with Gasteiger partial charge in [-0.3, -0.25) is 10.1 Å². The van der Waals surface area contributed by atoms with Gasteiger partial charge >= 0.3 is 5.97 Å². The largest absolute Gasteiger partial charge is 0.480 e. The van der Waals surface area contributed by atoms with E-state index in [9.17, 15) is 20.0 Å². The number of hydrogen-bond acceptors (Lipinski definition) is 5. The first kappa shape index (κ1) is 13.8. The summed E-state index contributed by atoms with van der Waals surface area (Å²) in [6.07, 6.45) is 6.13. The van der Waals surface area contributed by atoms with E-state index in [2.05, 4.69) is 4.98 Å². The number of fused-ring (bicyclic) bond motifs is 1. The number of carboxylic acid groups (broad SMARTS) is 1. The summed E-state index contributed by atoms with van der Waals surface area (Å²) in [6.45, 7) is 0. The van der Waals surface area contributed by atoms with Gasteiger partial charge in [-0.2, -0.15) is 0 Å². The zero-order valence-corrected chi connectivity index (χ0v) is 11.5. The van der Waals surface area contributed by atoms with Crippen LogP contribution in [0.1, 0.15) is 32.1 Å². The average Bonchev–Trinajstić information content (AvgIpc) is 2.87. The Morgan fingerprint density at radius 3 is 2.90 bits per heavy atom. The standard InChI is InChI=1S/C14H17N3O4/c18-14(19)12-7-9-3-1-2-4-11(9)16(12)13-8-10(17(20)21)5-6-15-13/h5-6,8-9,11-12H,1-4,7H2,(H,18,19). The van der Waals surface area contributed by atoms with Crippen LogP contribution in [0.25, 0.3) is 0 Å². The molecule has 112 valence electrons. The fourth-order valence-corrected chi connectivity index (χ4v) is 3.67. The van der Waals surface area contributed by atoms with E-state index < -0.39 is 16.9 Å². The van der Waals surface area contributed by atoms with Crippen molar-refractivity contribution in [1.29, 1.82) is 0 Å². The number of pyridine rings is 1. The van der Waals surface area contributed by atoms with Crippen LogP contribution in [-0.4, -0.2) is 33.1 Å². The predicted octanol–water partition coefficient (Wildman–Crippen LogP) is 2.21. The average molecular weight is 291 g/mol. The minimum absolute atomic E-state index is 0.0524. The van der Waals surface area contributed by atoms with Crippen LogP contribution in [0.15, 0.2) is 18.3 Å². The summed E-state index contributed by atoms with van der Waals surface area (Å²) < 4.78 is 0. The lowest BCUT2D eigenvalue weighted by Crippen LogP contribution is -2.42. The molecule has 2 aliphatic rings. The first-order valence-corrected chi connectivity index (χ1v) is 7.19. The molecule has 1 aromatic heterocycles. The second kappa shape index (κ2) is 5.31. The van der Waals surface area contributed by atoms with Gasteiger partial charge in [0.05, 0.1) is 11.0 Å². The molecule has 0 radical (unpaired) electrons. The lowest BCUT2D eigenvalue weighted by molar-refractivity contribution is -0.384. The minimum atomic E-state index is -0.877. The van der Waals surface area contributed by atoms with Crippen LogP contribution in [0.5, 0.6) is 0 Å². The molecule has 0 bridgehead atoms. The molecule has 7 heteroatoms. The van der Waals surface area contributed by atoms with Crippen molar-refractivity contribution < 1.29 is 14.8 Å². The summed E-state index contributed by atoms with van der Waals surface area (Å²) in [4.78, 5) is 28.0. The van der Waals surface area contributed by atoms with Crippen LogP contribution >= 0.6 is 0 Å². The first-order chi connectivity index (χ1) is 10.1. The van der Waals surface area contributed by atoms with Crippen molar-refractivity contribution in [2.24, 2.45) is 5.92 Å². The van der Waals surface area contributed by atoms with Crippen LogP contribution in [0.4, 0.5) is 11.5 Å². The van der Waals surface area contributed by atoms with Gasteiger partial charge in [-0.15, -0.1) is 0 Å². The van der Waals surface area contributed by atoms with Crippen molar-refractivity contribution in [2.75, 3.05) is 4.90 Å². The van der Waals surface area contributed by atoms with Crippen molar-refractivity contribution >= 4 is 17.5 Å². The van der Waals surface area contributed by atoms with E-state index in [1.165, 1.54) is 18.3 Å². The molecule has 1 aromatic rings. The molecule has 2 fully saturated rings. The molecular formula is C14H17N3O4. The number of carbonyl (C=O) groups is 1. The van der Waals surface area contributed by atoms with Gasteiger partial charge in [-0.25, -0.2) is 9.78 Å². The highest BCUT2D eigenvalue weighted by Crippen LogP contribution is 2.42. The molecule has 3 rings (SSSR count). The summed E-state index contributed by atoms with van der Waals surface area (Å²) in [6, 6.07) is 2.21. The Morgan fingerprint density at radius 2 is 2.19 bits per heavy atom. The molecule has 3 atom stereocenters. The Bertz CT molecular complexity index is 577. The van der Waals surface area contributed by atoms with E-state index in [1.54, 1.807) is 4.90 Å².